The van der Waals surface area contributed by atoms with Crippen LogP contribution in [0.5, 0.6) is 11.5 Å². The highest BCUT2D eigenvalue weighted by atomic mass is 35.5. The molecule has 2 rings (SSSR count). The van der Waals surface area contributed by atoms with E-state index in [1.165, 1.54) is 25.3 Å². The van der Waals surface area contributed by atoms with Crippen LogP contribution in [0.15, 0.2) is 36.4 Å². The molecule has 9 heteroatoms. The van der Waals surface area contributed by atoms with E-state index in [1.807, 2.05) is 0 Å². The molecule has 2 aromatic carbocycles. The predicted molar refractivity (Wildman–Crippen MR) is 90.6 cm³/mol. The average molecular weight is 365 g/mol. The van der Waals surface area contributed by atoms with Gasteiger partial charge in [-0.3, -0.25) is 19.7 Å². The smallest absolute Gasteiger partial charge is 0.270 e. The first-order valence-electron chi connectivity index (χ1n) is 6.94. The first kappa shape index (κ1) is 18.2. The molecule has 0 spiro atoms. The number of anilines is 1. The van der Waals surface area contributed by atoms with Crippen LogP contribution in [0.3, 0.4) is 0 Å². The first-order chi connectivity index (χ1) is 11.9. The van der Waals surface area contributed by atoms with Crippen molar-refractivity contribution in [3.63, 3.8) is 0 Å². The number of carbonyl (C=O) groups excluding carboxylic acids is 2. The molecule has 1 N–H and O–H groups in total. The number of rotatable bonds is 7. The highest BCUT2D eigenvalue weighted by molar-refractivity contribution is 6.31. The monoisotopic (exact) mass is 364 g/mol. The number of amides is 1. The summed E-state index contributed by atoms with van der Waals surface area (Å²) in [5, 5.41) is 13.7. The molecule has 1 amide bonds. The Morgan fingerprint density at radius 2 is 2.00 bits per heavy atom. The van der Waals surface area contributed by atoms with Crippen molar-refractivity contribution in [1.82, 2.24) is 0 Å². The molecule has 0 saturated carbocycles. The molecule has 25 heavy (non-hydrogen) atoms. The van der Waals surface area contributed by atoms with Crippen molar-refractivity contribution >= 4 is 35.2 Å². The molecule has 0 atom stereocenters. The zero-order valence-electron chi connectivity index (χ0n) is 13.0. The van der Waals surface area contributed by atoms with E-state index in [4.69, 9.17) is 21.1 Å². The number of non-ortho nitro benzene ring substituents is 1. The van der Waals surface area contributed by atoms with Crippen molar-refractivity contribution < 1.29 is 24.0 Å². The molecule has 0 heterocycles. The van der Waals surface area contributed by atoms with Crippen LogP contribution < -0.4 is 14.8 Å². The second kappa shape index (κ2) is 8.11. The fraction of sp³-hybridized carbons (Fsp3) is 0.125. The maximum atomic E-state index is 12.0. The summed E-state index contributed by atoms with van der Waals surface area (Å²) in [5.74, 6) is -0.0359. The summed E-state index contributed by atoms with van der Waals surface area (Å²) in [6.07, 6.45) is 0.417. The van der Waals surface area contributed by atoms with Crippen LogP contribution in [-0.4, -0.2) is 30.8 Å². The van der Waals surface area contributed by atoms with E-state index in [2.05, 4.69) is 5.32 Å². The van der Waals surface area contributed by atoms with Crippen molar-refractivity contribution in [2.45, 2.75) is 0 Å². The van der Waals surface area contributed by atoms with E-state index in [-0.39, 0.29) is 17.0 Å². The number of nitro groups is 1. The summed E-state index contributed by atoms with van der Waals surface area (Å²) >= 11 is 5.88. The Morgan fingerprint density at radius 3 is 2.64 bits per heavy atom. The molecule has 0 aliphatic rings. The molecule has 0 aliphatic carbocycles. The molecule has 0 fully saturated rings. The van der Waals surface area contributed by atoms with Gasteiger partial charge in [0, 0.05) is 17.2 Å². The molecular formula is C16H13ClN2O6. The van der Waals surface area contributed by atoms with Crippen LogP contribution in [0, 0.1) is 10.1 Å². The number of hydrogen-bond donors (Lipinski definition) is 1. The minimum Gasteiger partial charge on any atom is -0.495 e. The van der Waals surface area contributed by atoms with Gasteiger partial charge in [0.2, 0.25) is 0 Å². The van der Waals surface area contributed by atoms with E-state index in [0.29, 0.717) is 22.7 Å². The number of ether oxygens (including phenoxy) is 2. The van der Waals surface area contributed by atoms with Gasteiger partial charge in [-0.05, 0) is 24.3 Å². The number of nitro benzene ring substituents is 1. The van der Waals surface area contributed by atoms with Gasteiger partial charge in [-0.15, -0.1) is 0 Å². The molecule has 0 aromatic heterocycles. The molecule has 0 aliphatic heterocycles. The van der Waals surface area contributed by atoms with Crippen LogP contribution in [0.1, 0.15) is 10.4 Å². The number of benzene rings is 2. The molecule has 0 saturated heterocycles. The Kier molecular flexibility index (Phi) is 5.91. The maximum Gasteiger partial charge on any atom is 0.270 e. The second-order valence-electron chi connectivity index (χ2n) is 4.78. The van der Waals surface area contributed by atoms with Gasteiger partial charge >= 0.3 is 0 Å². The Labute approximate surface area is 147 Å². The van der Waals surface area contributed by atoms with E-state index in [9.17, 15) is 19.7 Å². The zero-order chi connectivity index (χ0) is 18.4. The third-order valence-corrected chi connectivity index (χ3v) is 3.36. The minimum absolute atomic E-state index is 0.0256. The van der Waals surface area contributed by atoms with Crippen LogP contribution >= 0.6 is 11.6 Å². The largest absolute Gasteiger partial charge is 0.495 e. The fourth-order valence-electron chi connectivity index (χ4n) is 1.98. The van der Waals surface area contributed by atoms with E-state index >= 15 is 0 Å². The lowest BCUT2D eigenvalue weighted by Gasteiger charge is -2.12. The number of aldehydes is 1. The van der Waals surface area contributed by atoms with Crippen molar-refractivity contribution in [2.24, 2.45) is 0 Å². The van der Waals surface area contributed by atoms with Crippen molar-refractivity contribution in [1.29, 1.82) is 0 Å². The highest BCUT2D eigenvalue weighted by Crippen LogP contribution is 2.28. The third kappa shape index (κ3) is 4.67. The number of nitrogens with zero attached hydrogens (tertiary/aromatic N) is 1. The van der Waals surface area contributed by atoms with E-state index in [1.54, 1.807) is 12.1 Å². The predicted octanol–water partition coefficient (Wildman–Crippen LogP) is 3.09. The topological polar surface area (TPSA) is 108 Å². The quantitative estimate of drug-likeness (QED) is 0.459. The summed E-state index contributed by atoms with van der Waals surface area (Å²) in [5.41, 5.74) is 0.0906. The Morgan fingerprint density at radius 1 is 1.28 bits per heavy atom. The number of halogens is 1. The van der Waals surface area contributed by atoms with E-state index < -0.39 is 17.4 Å². The number of nitrogens with one attached hydrogen (secondary N) is 1. The Hall–Kier alpha value is -3.13. The lowest BCUT2D eigenvalue weighted by atomic mass is 10.2. The lowest BCUT2D eigenvalue weighted by Crippen LogP contribution is -2.21. The summed E-state index contributed by atoms with van der Waals surface area (Å²) in [4.78, 5) is 33.1. The van der Waals surface area contributed by atoms with Crippen LogP contribution in [0.2, 0.25) is 5.02 Å². The molecule has 0 radical (unpaired) electrons. The maximum absolute atomic E-state index is 12.0. The summed E-state index contributed by atoms with van der Waals surface area (Å²) in [7, 11) is 1.45. The van der Waals surface area contributed by atoms with Crippen LogP contribution in [0.25, 0.3) is 0 Å². The van der Waals surface area contributed by atoms with Crippen molar-refractivity contribution in [3.05, 3.63) is 57.1 Å². The van der Waals surface area contributed by atoms with Gasteiger partial charge in [-0.25, -0.2) is 0 Å². The molecule has 8 nitrogen and oxygen atoms in total. The standard InChI is InChI=1S/C16H13ClN2O6/c1-24-15-4-2-11(17)7-13(15)18-16(21)9-25-14-5-3-12(19(22)23)6-10(14)8-20/h2-8H,9H2,1H3,(H,18,21). The normalized spacial score (nSPS) is 10.0. The van der Waals surface area contributed by atoms with Crippen molar-refractivity contribution in [2.75, 3.05) is 19.0 Å². The number of carbonyl (C=O) groups is 2. The molecule has 0 bridgehead atoms. The van der Waals surface area contributed by atoms with Gasteiger partial charge < -0.3 is 14.8 Å². The Bertz CT molecular complexity index is 824. The number of methoxy groups -OCH3 is 1. The van der Waals surface area contributed by atoms with Gasteiger partial charge in [-0.2, -0.15) is 0 Å². The SMILES string of the molecule is COc1ccc(Cl)cc1NC(=O)COc1ccc([N+](=O)[O-])cc1C=O. The lowest BCUT2D eigenvalue weighted by molar-refractivity contribution is -0.384. The van der Waals surface area contributed by atoms with Crippen LogP contribution in [-0.2, 0) is 4.79 Å². The number of hydrogen-bond acceptors (Lipinski definition) is 6. The van der Waals surface area contributed by atoms with Gasteiger partial charge in [0.05, 0.1) is 23.3 Å². The molecule has 2 aromatic rings. The average Bonchev–Trinajstić information content (AvgIpc) is 2.59. The van der Waals surface area contributed by atoms with Crippen molar-refractivity contribution in [3.8, 4) is 11.5 Å². The summed E-state index contributed by atoms with van der Waals surface area (Å²) in [6.45, 7) is -0.408. The van der Waals surface area contributed by atoms with E-state index in [0.717, 1.165) is 6.07 Å². The van der Waals surface area contributed by atoms with Gasteiger partial charge in [0.1, 0.15) is 11.5 Å². The molecule has 130 valence electrons. The van der Waals surface area contributed by atoms with Gasteiger partial charge in [0.25, 0.3) is 11.6 Å². The third-order valence-electron chi connectivity index (χ3n) is 3.13. The highest BCUT2D eigenvalue weighted by Gasteiger charge is 2.13. The van der Waals surface area contributed by atoms with Gasteiger partial charge in [-0.1, -0.05) is 11.6 Å². The minimum atomic E-state index is -0.630. The fourth-order valence-corrected chi connectivity index (χ4v) is 2.15. The second-order valence-corrected chi connectivity index (χ2v) is 5.21. The summed E-state index contributed by atoms with van der Waals surface area (Å²) in [6, 6.07) is 8.23. The summed E-state index contributed by atoms with van der Waals surface area (Å²) < 4.78 is 10.4. The van der Waals surface area contributed by atoms with Crippen LogP contribution in [0.4, 0.5) is 11.4 Å². The Balaban J connectivity index is 2.06. The first-order valence-corrected chi connectivity index (χ1v) is 7.32. The molecular weight excluding hydrogens is 352 g/mol. The molecule has 0 unspecified atom stereocenters. The van der Waals surface area contributed by atoms with Gasteiger partial charge in [0.15, 0.2) is 12.9 Å². The zero-order valence-corrected chi connectivity index (χ0v) is 13.8.